The van der Waals surface area contributed by atoms with Crippen LogP contribution in [0.15, 0.2) is 18.2 Å². The highest BCUT2D eigenvalue weighted by molar-refractivity contribution is 5.70. The molecule has 3 N–H and O–H groups in total. The lowest BCUT2D eigenvalue weighted by Crippen LogP contribution is -2.26. The van der Waals surface area contributed by atoms with E-state index in [1.807, 2.05) is 0 Å². The summed E-state index contributed by atoms with van der Waals surface area (Å²) in [5, 5.41) is 9.08. The molecule has 19 heavy (non-hydrogen) atoms. The van der Waals surface area contributed by atoms with Gasteiger partial charge >= 0.3 is 5.97 Å². The monoisotopic (exact) mass is 263 g/mol. The van der Waals surface area contributed by atoms with Gasteiger partial charge in [0.15, 0.2) is 0 Å². The Kier molecular flexibility index (Phi) is 6.03. The maximum atomic E-state index is 11.1. The lowest BCUT2D eigenvalue weighted by atomic mass is 9.87. The molecule has 1 rings (SSSR count). The van der Waals surface area contributed by atoms with E-state index in [-0.39, 0.29) is 6.54 Å². The fourth-order valence-electron chi connectivity index (χ4n) is 2.36. The number of hydrogen-bond acceptors (Lipinski definition) is 2. The van der Waals surface area contributed by atoms with Crippen LogP contribution >= 0.6 is 0 Å². The largest absolute Gasteiger partial charge is 0.481 e. The summed E-state index contributed by atoms with van der Waals surface area (Å²) in [4.78, 5) is 11.1. The van der Waals surface area contributed by atoms with Gasteiger partial charge in [-0.1, -0.05) is 31.5 Å². The SMILES string of the molecule is CCC(Cc1ccc(C)c(C)c1)CC(CN)C(=O)O. The predicted octanol–water partition coefficient (Wildman–Crippen LogP) is 2.92. The first-order valence-electron chi connectivity index (χ1n) is 6.96. The number of rotatable bonds is 7. The summed E-state index contributed by atoms with van der Waals surface area (Å²) in [5.41, 5.74) is 9.41. The molecule has 0 heterocycles. The highest BCUT2D eigenvalue weighted by atomic mass is 16.4. The van der Waals surface area contributed by atoms with Crippen LogP contribution in [0.4, 0.5) is 0 Å². The number of carboxylic acid groups (broad SMARTS) is 1. The first kappa shape index (κ1) is 15.7. The molecule has 0 aliphatic carbocycles. The van der Waals surface area contributed by atoms with E-state index < -0.39 is 11.9 Å². The summed E-state index contributed by atoms with van der Waals surface area (Å²) >= 11 is 0. The number of hydrogen-bond donors (Lipinski definition) is 2. The minimum atomic E-state index is -0.777. The second-order valence-corrected chi connectivity index (χ2v) is 5.40. The van der Waals surface area contributed by atoms with Crippen LogP contribution in [0.3, 0.4) is 0 Å². The van der Waals surface area contributed by atoms with E-state index in [4.69, 9.17) is 10.8 Å². The van der Waals surface area contributed by atoms with Crippen molar-refractivity contribution >= 4 is 5.97 Å². The maximum Gasteiger partial charge on any atom is 0.307 e. The van der Waals surface area contributed by atoms with Crippen LogP contribution < -0.4 is 5.73 Å². The van der Waals surface area contributed by atoms with Gasteiger partial charge in [-0.15, -0.1) is 0 Å². The van der Waals surface area contributed by atoms with Crippen molar-refractivity contribution in [2.45, 2.75) is 40.0 Å². The van der Waals surface area contributed by atoms with Crippen LogP contribution in [-0.2, 0) is 11.2 Å². The lowest BCUT2D eigenvalue weighted by molar-refractivity contribution is -0.142. The molecule has 0 aliphatic rings. The minimum Gasteiger partial charge on any atom is -0.481 e. The third-order valence-corrected chi connectivity index (χ3v) is 3.92. The Morgan fingerprint density at radius 3 is 2.47 bits per heavy atom. The smallest absolute Gasteiger partial charge is 0.307 e. The van der Waals surface area contributed by atoms with Crippen LogP contribution in [0.2, 0.25) is 0 Å². The summed E-state index contributed by atoms with van der Waals surface area (Å²) in [5.74, 6) is -0.815. The second kappa shape index (κ2) is 7.29. The molecule has 0 spiro atoms. The Bertz CT molecular complexity index is 429. The Morgan fingerprint density at radius 2 is 2.00 bits per heavy atom. The van der Waals surface area contributed by atoms with Crippen molar-refractivity contribution in [1.82, 2.24) is 0 Å². The van der Waals surface area contributed by atoms with Gasteiger partial charge in [-0.25, -0.2) is 0 Å². The standard InChI is InChI=1S/C16H25NO2/c1-4-13(9-15(10-17)16(18)19)8-14-6-5-11(2)12(3)7-14/h5-7,13,15H,4,8-10,17H2,1-3H3,(H,18,19). The van der Waals surface area contributed by atoms with Gasteiger partial charge in [0.25, 0.3) is 0 Å². The summed E-state index contributed by atoms with van der Waals surface area (Å²) < 4.78 is 0. The topological polar surface area (TPSA) is 63.3 Å². The normalized spacial score (nSPS) is 14.1. The molecular weight excluding hydrogens is 238 g/mol. The molecule has 0 saturated heterocycles. The quantitative estimate of drug-likeness (QED) is 0.795. The molecule has 0 aliphatic heterocycles. The molecule has 0 bridgehead atoms. The van der Waals surface area contributed by atoms with Crippen molar-refractivity contribution in [2.75, 3.05) is 6.54 Å². The maximum absolute atomic E-state index is 11.1. The van der Waals surface area contributed by atoms with Crippen molar-refractivity contribution in [3.05, 3.63) is 34.9 Å². The van der Waals surface area contributed by atoms with E-state index in [9.17, 15) is 4.79 Å². The molecule has 2 atom stereocenters. The van der Waals surface area contributed by atoms with Crippen molar-refractivity contribution in [1.29, 1.82) is 0 Å². The van der Waals surface area contributed by atoms with Gasteiger partial charge in [-0.05, 0) is 49.3 Å². The van der Waals surface area contributed by atoms with Gasteiger partial charge < -0.3 is 10.8 Å². The van der Waals surface area contributed by atoms with Gasteiger partial charge in [-0.2, -0.15) is 0 Å². The van der Waals surface area contributed by atoms with Crippen LogP contribution in [-0.4, -0.2) is 17.6 Å². The van der Waals surface area contributed by atoms with Gasteiger partial charge in [0, 0.05) is 6.54 Å². The van der Waals surface area contributed by atoms with Crippen LogP contribution in [0.25, 0.3) is 0 Å². The number of carboxylic acids is 1. The fraction of sp³-hybridized carbons (Fsp3) is 0.562. The van der Waals surface area contributed by atoms with E-state index in [1.165, 1.54) is 16.7 Å². The molecule has 3 heteroatoms. The first-order valence-corrected chi connectivity index (χ1v) is 6.96. The van der Waals surface area contributed by atoms with E-state index in [0.717, 1.165) is 12.8 Å². The molecule has 0 fully saturated rings. The van der Waals surface area contributed by atoms with Crippen molar-refractivity contribution in [3.8, 4) is 0 Å². The fourth-order valence-corrected chi connectivity index (χ4v) is 2.36. The Morgan fingerprint density at radius 1 is 1.32 bits per heavy atom. The molecule has 1 aromatic rings. The number of benzene rings is 1. The zero-order valence-electron chi connectivity index (χ0n) is 12.1. The molecule has 2 unspecified atom stereocenters. The lowest BCUT2D eigenvalue weighted by Gasteiger charge is -2.19. The molecule has 3 nitrogen and oxygen atoms in total. The highest BCUT2D eigenvalue weighted by Crippen LogP contribution is 2.22. The van der Waals surface area contributed by atoms with Crippen molar-refractivity contribution < 1.29 is 9.90 Å². The first-order chi connectivity index (χ1) is 8.97. The van der Waals surface area contributed by atoms with Crippen LogP contribution in [0.5, 0.6) is 0 Å². The molecule has 106 valence electrons. The molecule has 0 amide bonds. The van der Waals surface area contributed by atoms with Crippen LogP contribution in [0, 0.1) is 25.7 Å². The van der Waals surface area contributed by atoms with Gasteiger partial charge in [0.2, 0.25) is 0 Å². The second-order valence-electron chi connectivity index (χ2n) is 5.40. The Hall–Kier alpha value is -1.35. The van der Waals surface area contributed by atoms with E-state index in [1.54, 1.807) is 0 Å². The van der Waals surface area contributed by atoms with E-state index in [2.05, 4.69) is 39.0 Å². The third kappa shape index (κ3) is 4.67. The van der Waals surface area contributed by atoms with E-state index >= 15 is 0 Å². The third-order valence-electron chi connectivity index (χ3n) is 3.92. The predicted molar refractivity (Wildman–Crippen MR) is 78.2 cm³/mol. The van der Waals surface area contributed by atoms with E-state index in [0.29, 0.717) is 12.3 Å². The summed E-state index contributed by atoms with van der Waals surface area (Å²) in [7, 11) is 0. The van der Waals surface area contributed by atoms with Gasteiger partial charge in [0.1, 0.15) is 0 Å². The number of nitrogens with two attached hydrogens (primary N) is 1. The molecule has 0 radical (unpaired) electrons. The summed E-state index contributed by atoms with van der Waals surface area (Å²) in [6.07, 6.45) is 2.58. The average Bonchev–Trinajstić information content (AvgIpc) is 2.38. The molecule has 0 aromatic heterocycles. The Balaban J connectivity index is 2.70. The number of aliphatic carboxylic acids is 1. The van der Waals surface area contributed by atoms with Crippen LogP contribution in [0.1, 0.15) is 36.5 Å². The molecular formula is C16H25NO2. The average molecular weight is 263 g/mol. The van der Waals surface area contributed by atoms with Crippen molar-refractivity contribution in [3.63, 3.8) is 0 Å². The zero-order chi connectivity index (χ0) is 14.4. The van der Waals surface area contributed by atoms with Gasteiger partial charge in [0.05, 0.1) is 5.92 Å². The van der Waals surface area contributed by atoms with Crippen molar-refractivity contribution in [2.24, 2.45) is 17.6 Å². The minimum absolute atomic E-state index is 0.221. The number of aryl methyl sites for hydroxylation is 2. The summed E-state index contributed by atoms with van der Waals surface area (Å²) in [6, 6.07) is 6.48. The summed E-state index contributed by atoms with van der Waals surface area (Å²) in [6.45, 7) is 6.55. The zero-order valence-corrected chi connectivity index (χ0v) is 12.1. The number of carbonyl (C=O) groups is 1. The molecule has 1 aromatic carbocycles. The molecule has 0 saturated carbocycles. The highest BCUT2D eigenvalue weighted by Gasteiger charge is 2.20. The van der Waals surface area contributed by atoms with Gasteiger partial charge in [-0.3, -0.25) is 4.79 Å². The Labute approximate surface area is 115 Å².